The number of likely N-dealkylation sites (tertiary alicyclic amines) is 1. The molecule has 1 aliphatic rings. The highest BCUT2D eigenvalue weighted by Crippen LogP contribution is 2.20. The molecule has 1 heterocycles. The Bertz CT molecular complexity index is 302. The van der Waals surface area contributed by atoms with Crippen LogP contribution in [0.15, 0.2) is 0 Å². The topological polar surface area (TPSA) is 75.8 Å². The van der Waals surface area contributed by atoms with Gasteiger partial charge in [0.2, 0.25) is 0 Å². The highest BCUT2D eigenvalue weighted by molar-refractivity contribution is 6.76. The lowest BCUT2D eigenvalue weighted by Gasteiger charge is -2.40. The van der Waals surface area contributed by atoms with Gasteiger partial charge in [-0.05, 0) is 19.4 Å². The Morgan fingerprint density at radius 3 is 2.67 bits per heavy atom. The van der Waals surface area contributed by atoms with Crippen LogP contribution in [0.25, 0.3) is 0 Å². The van der Waals surface area contributed by atoms with Crippen LogP contribution in [0.2, 0.25) is 25.7 Å². The first-order chi connectivity index (χ1) is 8.12. The minimum absolute atomic E-state index is 0.250. The lowest BCUT2D eigenvalue weighted by Crippen LogP contribution is -2.59. The third kappa shape index (κ3) is 4.59. The summed E-state index contributed by atoms with van der Waals surface area (Å²) in [6, 6.07) is 0.686. The van der Waals surface area contributed by atoms with Gasteiger partial charge in [-0.25, -0.2) is 4.79 Å². The monoisotopic (exact) mass is 274 g/mol. The van der Waals surface area contributed by atoms with Gasteiger partial charge >= 0.3 is 6.09 Å². The van der Waals surface area contributed by atoms with Crippen LogP contribution in [-0.4, -0.2) is 55.5 Å². The lowest BCUT2D eigenvalue weighted by molar-refractivity contribution is -0.0300. The summed E-state index contributed by atoms with van der Waals surface area (Å²) in [5.74, 6) is 0. The summed E-state index contributed by atoms with van der Waals surface area (Å²) < 4.78 is 5.26. The number of rotatable bonds is 3. The number of carbonyl (C=O) groups is 1. The zero-order chi connectivity index (χ0) is 14.0. The van der Waals surface area contributed by atoms with E-state index >= 15 is 0 Å². The van der Waals surface area contributed by atoms with Crippen LogP contribution < -0.4 is 5.73 Å². The number of carbonyl (C=O) groups excluding carboxylic acids is 1. The molecule has 1 rings (SSSR count). The molecule has 1 aliphatic heterocycles. The van der Waals surface area contributed by atoms with Crippen molar-refractivity contribution in [1.29, 1.82) is 0 Å². The summed E-state index contributed by atoms with van der Waals surface area (Å²) in [5.41, 5.74) is 4.79. The van der Waals surface area contributed by atoms with Gasteiger partial charge in [0.15, 0.2) is 0 Å². The molecule has 5 nitrogen and oxygen atoms in total. The molecule has 18 heavy (non-hydrogen) atoms. The zero-order valence-corrected chi connectivity index (χ0v) is 12.9. The lowest BCUT2D eigenvalue weighted by atomic mass is 9.90. The average Bonchev–Trinajstić information content (AvgIpc) is 2.20. The van der Waals surface area contributed by atoms with Gasteiger partial charge in [-0.15, -0.1) is 0 Å². The molecule has 0 unspecified atom stereocenters. The zero-order valence-electron chi connectivity index (χ0n) is 11.9. The predicted molar refractivity (Wildman–Crippen MR) is 74.3 cm³/mol. The summed E-state index contributed by atoms with van der Waals surface area (Å²) >= 11 is 0. The van der Waals surface area contributed by atoms with Crippen LogP contribution in [0.1, 0.15) is 13.3 Å². The molecule has 0 bridgehead atoms. The normalized spacial score (nSPS) is 29.2. The fourth-order valence-corrected chi connectivity index (χ4v) is 2.59. The third-order valence-electron chi connectivity index (χ3n) is 3.36. The Morgan fingerprint density at radius 1 is 1.56 bits per heavy atom. The molecular weight excluding hydrogens is 248 g/mol. The van der Waals surface area contributed by atoms with E-state index in [1.54, 1.807) is 11.8 Å². The first kappa shape index (κ1) is 15.5. The molecule has 0 saturated carbocycles. The van der Waals surface area contributed by atoms with Crippen molar-refractivity contribution in [2.75, 3.05) is 19.7 Å². The van der Waals surface area contributed by atoms with Crippen molar-refractivity contribution in [2.45, 2.75) is 50.7 Å². The maximum Gasteiger partial charge on any atom is 0.409 e. The molecule has 3 N–H and O–H groups in total. The number of nitrogens with zero attached hydrogens (tertiary/aromatic N) is 1. The molecule has 0 aromatic carbocycles. The summed E-state index contributed by atoms with van der Waals surface area (Å²) in [6.07, 6.45) is 0.274. The number of hydrogen-bond acceptors (Lipinski definition) is 4. The molecule has 0 aromatic heterocycles. The Labute approximate surface area is 110 Å². The minimum atomic E-state index is -1.18. The standard InChI is InChI=1S/C12H26N2O3Si/c1-12(16)9-14(6-5-10(12)13)11(15)17-7-8-18(2,3)4/h10,16H,5-9,13H2,1-4H3/t10-,12-/m0/s1. The van der Waals surface area contributed by atoms with E-state index in [1.807, 2.05) is 0 Å². The Hall–Kier alpha value is -0.593. The second-order valence-corrected chi connectivity index (χ2v) is 12.2. The van der Waals surface area contributed by atoms with E-state index in [0.717, 1.165) is 6.04 Å². The summed E-state index contributed by atoms with van der Waals surface area (Å²) in [5, 5.41) is 10.0. The molecule has 1 amide bonds. The number of hydrogen-bond donors (Lipinski definition) is 2. The van der Waals surface area contributed by atoms with Crippen LogP contribution in [0.4, 0.5) is 4.79 Å². The van der Waals surface area contributed by atoms with Gasteiger partial charge in [-0.2, -0.15) is 0 Å². The van der Waals surface area contributed by atoms with Crippen LogP contribution in [0.5, 0.6) is 0 Å². The Morgan fingerprint density at radius 2 is 2.17 bits per heavy atom. The molecule has 6 heteroatoms. The second-order valence-electron chi connectivity index (χ2n) is 6.60. The van der Waals surface area contributed by atoms with Gasteiger partial charge in [0.1, 0.15) is 0 Å². The molecular formula is C12H26N2O3Si. The Kier molecular flexibility index (Phi) is 4.80. The predicted octanol–water partition coefficient (Wildman–Crippen LogP) is 1.25. The van der Waals surface area contributed by atoms with E-state index in [1.165, 1.54) is 0 Å². The van der Waals surface area contributed by atoms with Gasteiger partial charge in [0.05, 0.1) is 18.8 Å². The van der Waals surface area contributed by atoms with E-state index in [4.69, 9.17) is 10.5 Å². The average molecular weight is 274 g/mol. The van der Waals surface area contributed by atoms with Crippen molar-refractivity contribution < 1.29 is 14.6 Å². The quantitative estimate of drug-likeness (QED) is 0.759. The van der Waals surface area contributed by atoms with Crippen LogP contribution in [0, 0.1) is 0 Å². The number of amides is 1. The van der Waals surface area contributed by atoms with Gasteiger partial charge in [-0.3, -0.25) is 0 Å². The molecule has 0 aliphatic carbocycles. The molecule has 1 fully saturated rings. The van der Waals surface area contributed by atoms with Crippen molar-refractivity contribution in [3.63, 3.8) is 0 Å². The van der Waals surface area contributed by atoms with Gasteiger partial charge in [0, 0.05) is 20.7 Å². The highest BCUT2D eigenvalue weighted by Gasteiger charge is 2.37. The van der Waals surface area contributed by atoms with Crippen molar-refractivity contribution in [3.05, 3.63) is 0 Å². The van der Waals surface area contributed by atoms with Crippen molar-refractivity contribution in [1.82, 2.24) is 4.90 Å². The first-order valence-electron chi connectivity index (χ1n) is 6.51. The Balaban J connectivity index is 2.39. The van der Waals surface area contributed by atoms with E-state index in [2.05, 4.69) is 19.6 Å². The number of ether oxygens (including phenoxy) is 1. The summed E-state index contributed by atoms with van der Waals surface area (Å²) in [7, 11) is -1.18. The SMILES string of the molecule is C[C@]1(O)CN(C(=O)OCC[Si](C)(C)C)CC[C@@H]1N. The maximum absolute atomic E-state index is 11.8. The van der Waals surface area contributed by atoms with E-state index in [0.29, 0.717) is 19.6 Å². The number of β-amino-alcohol motifs (C(OH)–C–C–N with tert-alkyl or cyclic N) is 1. The summed E-state index contributed by atoms with van der Waals surface area (Å²) in [6.45, 7) is 9.67. The number of aliphatic hydroxyl groups is 1. The maximum atomic E-state index is 11.8. The summed E-state index contributed by atoms with van der Waals surface area (Å²) in [4.78, 5) is 13.4. The molecule has 0 aromatic rings. The number of piperidine rings is 1. The largest absolute Gasteiger partial charge is 0.450 e. The smallest absolute Gasteiger partial charge is 0.409 e. The molecule has 106 valence electrons. The van der Waals surface area contributed by atoms with Crippen LogP contribution >= 0.6 is 0 Å². The highest BCUT2D eigenvalue weighted by atomic mass is 28.3. The third-order valence-corrected chi connectivity index (χ3v) is 5.06. The minimum Gasteiger partial charge on any atom is -0.450 e. The van der Waals surface area contributed by atoms with Gasteiger partial charge in [0.25, 0.3) is 0 Å². The molecule has 0 spiro atoms. The van der Waals surface area contributed by atoms with Gasteiger partial charge < -0.3 is 20.5 Å². The van der Waals surface area contributed by atoms with E-state index < -0.39 is 13.7 Å². The molecule has 0 radical (unpaired) electrons. The molecule has 2 atom stereocenters. The molecule has 1 saturated heterocycles. The first-order valence-corrected chi connectivity index (χ1v) is 10.2. The second kappa shape index (κ2) is 5.58. The van der Waals surface area contributed by atoms with E-state index in [9.17, 15) is 9.90 Å². The van der Waals surface area contributed by atoms with Crippen molar-refractivity contribution in [2.24, 2.45) is 5.73 Å². The fraction of sp³-hybridized carbons (Fsp3) is 0.917. The van der Waals surface area contributed by atoms with Crippen molar-refractivity contribution in [3.8, 4) is 0 Å². The van der Waals surface area contributed by atoms with Crippen molar-refractivity contribution >= 4 is 14.2 Å². The van der Waals surface area contributed by atoms with Crippen LogP contribution in [-0.2, 0) is 4.74 Å². The fourth-order valence-electron chi connectivity index (χ4n) is 1.88. The van der Waals surface area contributed by atoms with E-state index in [-0.39, 0.29) is 18.7 Å². The van der Waals surface area contributed by atoms with Crippen LogP contribution in [0.3, 0.4) is 0 Å². The number of nitrogens with two attached hydrogens (primary N) is 1. The van der Waals surface area contributed by atoms with Gasteiger partial charge in [-0.1, -0.05) is 19.6 Å².